The molecule has 90 valence electrons. The second kappa shape index (κ2) is 3.96. The zero-order chi connectivity index (χ0) is 12.6. The molecule has 4 nitrogen and oxygen atoms in total. The summed E-state index contributed by atoms with van der Waals surface area (Å²) in [5.41, 5.74) is 0.633. The van der Waals surface area contributed by atoms with Crippen molar-refractivity contribution in [1.82, 2.24) is 8.96 Å². The lowest BCUT2D eigenvalue weighted by Gasteiger charge is -2.06. The zero-order valence-corrected chi connectivity index (χ0v) is 10.2. The molecule has 2 heterocycles. The van der Waals surface area contributed by atoms with E-state index in [9.17, 15) is 8.42 Å². The highest BCUT2D eigenvalue weighted by molar-refractivity contribution is 7.90. The van der Waals surface area contributed by atoms with Crippen LogP contribution in [-0.4, -0.2) is 17.4 Å². The van der Waals surface area contributed by atoms with Crippen LogP contribution in [-0.2, 0) is 10.0 Å². The van der Waals surface area contributed by atoms with Gasteiger partial charge in [-0.15, -0.1) is 0 Å². The second-order valence-electron chi connectivity index (χ2n) is 3.86. The summed E-state index contributed by atoms with van der Waals surface area (Å²) in [6, 6.07) is 11.8. The average molecular weight is 258 g/mol. The minimum atomic E-state index is -3.53. The third kappa shape index (κ3) is 1.60. The predicted molar refractivity (Wildman–Crippen MR) is 68.8 cm³/mol. The maximum Gasteiger partial charge on any atom is 0.268 e. The third-order valence-electron chi connectivity index (χ3n) is 2.75. The molecule has 1 aromatic carbocycles. The molecule has 0 fully saturated rings. The monoisotopic (exact) mass is 258 g/mol. The largest absolute Gasteiger partial charge is 0.268 e. The zero-order valence-electron chi connectivity index (χ0n) is 9.39. The van der Waals surface area contributed by atoms with Gasteiger partial charge in [-0.05, 0) is 24.3 Å². The summed E-state index contributed by atoms with van der Waals surface area (Å²) in [6.07, 6.45) is 4.78. The molecule has 0 spiro atoms. The topological polar surface area (TPSA) is 52.0 Å². The Bertz CT molecular complexity index is 792. The SMILES string of the molecule is O=S(=O)(c1ccccc1)n1ccc2cnccc21. The number of hydrogen-bond donors (Lipinski definition) is 0. The van der Waals surface area contributed by atoms with E-state index in [1.807, 2.05) is 0 Å². The molecule has 0 aliphatic carbocycles. The van der Waals surface area contributed by atoms with E-state index in [1.54, 1.807) is 61.1 Å². The molecule has 0 aliphatic heterocycles. The van der Waals surface area contributed by atoms with E-state index >= 15 is 0 Å². The van der Waals surface area contributed by atoms with Crippen LogP contribution in [0.1, 0.15) is 0 Å². The highest BCUT2D eigenvalue weighted by atomic mass is 32.2. The van der Waals surface area contributed by atoms with Gasteiger partial charge < -0.3 is 0 Å². The predicted octanol–water partition coefficient (Wildman–Crippen LogP) is 2.27. The van der Waals surface area contributed by atoms with Gasteiger partial charge in [-0.1, -0.05) is 18.2 Å². The fourth-order valence-corrected chi connectivity index (χ4v) is 3.25. The molecule has 3 aromatic rings. The van der Waals surface area contributed by atoms with Crippen molar-refractivity contribution in [1.29, 1.82) is 0 Å². The first-order valence-electron chi connectivity index (χ1n) is 5.41. The van der Waals surface area contributed by atoms with Crippen LogP contribution in [0.2, 0.25) is 0 Å². The van der Waals surface area contributed by atoms with E-state index in [1.165, 1.54) is 3.97 Å². The molecule has 2 aromatic heterocycles. The lowest BCUT2D eigenvalue weighted by Crippen LogP contribution is -2.11. The van der Waals surface area contributed by atoms with E-state index in [4.69, 9.17) is 0 Å². The van der Waals surface area contributed by atoms with E-state index in [0.29, 0.717) is 5.52 Å². The van der Waals surface area contributed by atoms with Crippen LogP contribution in [0.15, 0.2) is 66.0 Å². The van der Waals surface area contributed by atoms with Crippen LogP contribution in [0.4, 0.5) is 0 Å². The Hall–Kier alpha value is -2.14. The van der Waals surface area contributed by atoms with Gasteiger partial charge in [-0.3, -0.25) is 4.98 Å². The van der Waals surface area contributed by atoms with Crippen molar-refractivity contribution in [2.75, 3.05) is 0 Å². The van der Waals surface area contributed by atoms with Crippen molar-refractivity contribution in [2.45, 2.75) is 4.90 Å². The standard InChI is InChI=1S/C13H10N2O2S/c16-18(17,12-4-2-1-3-5-12)15-9-7-11-10-14-8-6-13(11)15/h1-10H. The quantitative estimate of drug-likeness (QED) is 0.708. The molecule has 18 heavy (non-hydrogen) atoms. The first-order chi connectivity index (χ1) is 8.69. The molecule has 0 saturated carbocycles. The maximum atomic E-state index is 12.5. The Balaban J connectivity index is 2.27. The van der Waals surface area contributed by atoms with Crippen molar-refractivity contribution in [2.24, 2.45) is 0 Å². The lowest BCUT2D eigenvalue weighted by atomic mass is 10.3. The maximum absolute atomic E-state index is 12.5. The first-order valence-corrected chi connectivity index (χ1v) is 6.85. The molecule has 0 radical (unpaired) electrons. The smallest absolute Gasteiger partial charge is 0.264 e. The summed E-state index contributed by atoms with van der Waals surface area (Å²) in [4.78, 5) is 4.25. The minimum absolute atomic E-state index is 0.277. The molecule has 0 atom stereocenters. The van der Waals surface area contributed by atoms with Crippen molar-refractivity contribution in [3.05, 3.63) is 61.1 Å². The minimum Gasteiger partial charge on any atom is -0.264 e. The highest BCUT2D eigenvalue weighted by Crippen LogP contribution is 2.20. The Labute approximate surface area is 105 Å². The number of fused-ring (bicyclic) bond motifs is 1. The van der Waals surface area contributed by atoms with Crippen LogP contribution in [0.5, 0.6) is 0 Å². The number of rotatable bonds is 2. The van der Waals surface area contributed by atoms with Crippen LogP contribution in [0, 0.1) is 0 Å². The Kier molecular flexibility index (Phi) is 2.41. The van der Waals surface area contributed by atoms with Crippen molar-refractivity contribution >= 4 is 20.9 Å². The molecule has 5 heteroatoms. The number of nitrogens with zero attached hydrogens (tertiary/aromatic N) is 2. The highest BCUT2D eigenvalue weighted by Gasteiger charge is 2.17. The summed E-state index contributed by atoms with van der Waals surface area (Å²) in [5.74, 6) is 0. The molecule has 0 N–H and O–H groups in total. The lowest BCUT2D eigenvalue weighted by molar-refractivity contribution is 0.589. The van der Waals surface area contributed by atoms with Gasteiger partial charge in [-0.25, -0.2) is 12.4 Å². The van der Waals surface area contributed by atoms with Crippen LogP contribution in [0.25, 0.3) is 10.9 Å². The van der Waals surface area contributed by atoms with Gasteiger partial charge in [0.25, 0.3) is 10.0 Å². The van der Waals surface area contributed by atoms with Crippen LogP contribution in [0.3, 0.4) is 0 Å². The van der Waals surface area contributed by atoms with Crippen molar-refractivity contribution < 1.29 is 8.42 Å². The van der Waals surface area contributed by atoms with Gasteiger partial charge in [0.15, 0.2) is 0 Å². The Morgan fingerprint density at radius 2 is 1.78 bits per heavy atom. The van der Waals surface area contributed by atoms with E-state index in [0.717, 1.165) is 5.39 Å². The number of benzene rings is 1. The number of hydrogen-bond acceptors (Lipinski definition) is 3. The fraction of sp³-hybridized carbons (Fsp3) is 0. The summed E-state index contributed by atoms with van der Waals surface area (Å²) in [5, 5.41) is 0.803. The third-order valence-corrected chi connectivity index (χ3v) is 4.46. The number of aromatic nitrogens is 2. The van der Waals surface area contributed by atoms with Gasteiger partial charge in [-0.2, -0.15) is 0 Å². The summed E-state index contributed by atoms with van der Waals surface area (Å²) in [7, 11) is -3.53. The van der Waals surface area contributed by atoms with Crippen LogP contribution >= 0.6 is 0 Å². The van der Waals surface area contributed by atoms with E-state index < -0.39 is 10.0 Å². The van der Waals surface area contributed by atoms with Gasteiger partial charge in [0.05, 0.1) is 10.4 Å². The Morgan fingerprint density at radius 1 is 1.00 bits per heavy atom. The van der Waals surface area contributed by atoms with Crippen LogP contribution < -0.4 is 0 Å². The molecule has 0 amide bonds. The number of pyridine rings is 1. The van der Waals surface area contributed by atoms with E-state index in [-0.39, 0.29) is 4.90 Å². The molecular formula is C13H10N2O2S. The second-order valence-corrected chi connectivity index (χ2v) is 5.68. The Morgan fingerprint density at radius 3 is 2.56 bits per heavy atom. The molecule has 0 bridgehead atoms. The van der Waals surface area contributed by atoms with Gasteiger partial charge in [0.2, 0.25) is 0 Å². The van der Waals surface area contributed by atoms with Gasteiger partial charge >= 0.3 is 0 Å². The summed E-state index contributed by atoms with van der Waals surface area (Å²) in [6.45, 7) is 0. The molecule has 0 unspecified atom stereocenters. The fourth-order valence-electron chi connectivity index (χ4n) is 1.87. The van der Waals surface area contributed by atoms with Crippen molar-refractivity contribution in [3.63, 3.8) is 0 Å². The summed E-state index contributed by atoms with van der Waals surface area (Å²) >= 11 is 0. The first kappa shape index (κ1) is 11.0. The molecule has 3 rings (SSSR count). The molecule has 0 saturated heterocycles. The van der Waals surface area contributed by atoms with E-state index in [2.05, 4.69) is 4.98 Å². The normalized spacial score (nSPS) is 11.8. The van der Waals surface area contributed by atoms with Crippen molar-refractivity contribution in [3.8, 4) is 0 Å². The molecular weight excluding hydrogens is 248 g/mol. The summed E-state index contributed by atoms with van der Waals surface area (Å²) < 4.78 is 26.2. The van der Waals surface area contributed by atoms with Gasteiger partial charge in [0, 0.05) is 24.0 Å². The molecule has 0 aliphatic rings. The average Bonchev–Trinajstić information content (AvgIpc) is 2.84. The van der Waals surface area contributed by atoms with Gasteiger partial charge in [0.1, 0.15) is 0 Å².